The lowest BCUT2D eigenvalue weighted by molar-refractivity contribution is 0.490. The van der Waals surface area contributed by atoms with E-state index in [-0.39, 0.29) is 6.04 Å². The van der Waals surface area contributed by atoms with Crippen LogP contribution in [0.5, 0.6) is 0 Å². The van der Waals surface area contributed by atoms with E-state index in [1.807, 2.05) is 24.7 Å². The first kappa shape index (κ1) is 14.9. The second-order valence-electron chi connectivity index (χ2n) is 4.79. The molecule has 0 aromatic carbocycles. The summed E-state index contributed by atoms with van der Waals surface area (Å²) in [6, 6.07) is 1.87. The van der Waals surface area contributed by atoms with Gasteiger partial charge < -0.3 is 5.32 Å². The molecule has 1 unspecified atom stereocenters. The Labute approximate surface area is 124 Å². The van der Waals surface area contributed by atoms with Gasteiger partial charge in [0.15, 0.2) is 0 Å². The molecule has 6 heteroatoms. The number of halogens is 1. The zero-order chi connectivity index (χ0) is 14.5. The van der Waals surface area contributed by atoms with Crippen molar-refractivity contribution >= 4 is 11.6 Å². The van der Waals surface area contributed by atoms with Crippen molar-refractivity contribution in [1.29, 1.82) is 0 Å². The van der Waals surface area contributed by atoms with Gasteiger partial charge in [0.25, 0.3) is 0 Å². The first-order valence-electron chi connectivity index (χ1n) is 6.81. The highest BCUT2D eigenvalue weighted by molar-refractivity contribution is 6.31. The minimum absolute atomic E-state index is 0.0449. The molecule has 2 aromatic rings. The maximum absolute atomic E-state index is 6.33. The Morgan fingerprint density at radius 3 is 2.60 bits per heavy atom. The predicted molar refractivity (Wildman–Crippen MR) is 79.7 cm³/mol. The molecule has 2 rings (SSSR count). The van der Waals surface area contributed by atoms with E-state index in [1.54, 1.807) is 12.4 Å². The van der Waals surface area contributed by atoms with Crippen LogP contribution >= 0.6 is 11.6 Å². The van der Waals surface area contributed by atoms with E-state index >= 15 is 0 Å². The topological polar surface area (TPSA) is 55.6 Å². The Morgan fingerprint density at radius 2 is 2.05 bits per heavy atom. The summed E-state index contributed by atoms with van der Waals surface area (Å²) in [4.78, 5) is 8.70. The van der Waals surface area contributed by atoms with E-state index in [0.717, 1.165) is 41.6 Å². The third-order valence-corrected chi connectivity index (χ3v) is 3.69. The molecule has 2 aromatic heterocycles. The smallest absolute Gasteiger partial charge is 0.145 e. The Hall–Kier alpha value is -1.46. The summed E-state index contributed by atoms with van der Waals surface area (Å²) < 4.78 is 1.83. The van der Waals surface area contributed by atoms with E-state index in [9.17, 15) is 0 Å². The highest BCUT2D eigenvalue weighted by Gasteiger charge is 2.19. The van der Waals surface area contributed by atoms with Crippen molar-refractivity contribution in [3.8, 4) is 0 Å². The molecule has 0 saturated carbocycles. The predicted octanol–water partition coefficient (Wildman–Crippen LogP) is 2.46. The summed E-state index contributed by atoms with van der Waals surface area (Å²) >= 11 is 6.33. The number of hydrogen-bond acceptors (Lipinski definition) is 4. The average molecular weight is 294 g/mol. The van der Waals surface area contributed by atoms with E-state index in [4.69, 9.17) is 11.6 Å². The molecule has 0 aliphatic carbocycles. The van der Waals surface area contributed by atoms with Gasteiger partial charge in [-0.15, -0.1) is 0 Å². The molecular formula is C14H20ClN5. The molecular weight excluding hydrogens is 274 g/mol. The Kier molecular flexibility index (Phi) is 5.09. The standard InChI is InChI=1S/C14H20ClN5/c1-4-6-16-11(14-17-7-5-8-18-14)9-12-13(15)10(2)19-20(12)3/h5,7-8,11,16H,4,6,9H2,1-3H3. The molecule has 5 nitrogen and oxygen atoms in total. The van der Waals surface area contributed by atoms with E-state index in [0.29, 0.717) is 0 Å². The van der Waals surface area contributed by atoms with Crippen LogP contribution in [0.3, 0.4) is 0 Å². The van der Waals surface area contributed by atoms with Crippen LogP contribution in [0.1, 0.15) is 36.6 Å². The third-order valence-electron chi connectivity index (χ3n) is 3.20. The Bertz CT molecular complexity index is 552. The minimum atomic E-state index is 0.0449. The summed E-state index contributed by atoms with van der Waals surface area (Å²) in [5.41, 5.74) is 1.86. The van der Waals surface area contributed by atoms with E-state index in [1.165, 1.54) is 0 Å². The third kappa shape index (κ3) is 3.35. The van der Waals surface area contributed by atoms with Gasteiger partial charge in [-0.3, -0.25) is 4.68 Å². The molecule has 20 heavy (non-hydrogen) atoms. The maximum Gasteiger partial charge on any atom is 0.145 e. The fourth-order valence-electron chi connectivity index (χ4n) is 2.16. The highest BCUT2D eigenvalue weighted by Crippen LogP contribution is 2.24. The monoisotopic (exact) mass is 293 g/mol. The van der Waals surface area contributed by atoms with Gasteiger partial charge in [0, 0.05) is 25.9 Å². The Morgan fingerprint density at radius 1 is 1.35 bits per heavy atom. The van der Waals surface area contributed by atoms with Gasteiger partial charge in [0.05, 0.1) is 22.5 Å². The van der Waals surface area contributed by atoms with Crippen LogP contribution in [-0.2, 0) is 13.5 Å². The molecule has 0 spiro atoms. The molecule has 1 atom stereocenters. The number of aryl methyl sites for hydroxylation is 2. The summed E-state index contributed by atoms with van der Waals surface area (Å²) in [6.45, 7) is 4.97. The fourth-order valence-corrected chi connectivity index (χ4v) is 2.40. The molecule has 0 radical (unpaired) electrons. The first-order valence-corrected chi connectivity index (χ1v) is 7.19. The van der Waals surface area contributed by atoms with Crippen molar-refractivity contribution in [2.24, 2.45) is 7.05 Å². The van der Waals surface area contributed by atoms with Gasteiger partial charge in [-0.1, -0.05) is 18.5 Å². The van der Waals surface area contributed by atoms with Crippen LogP contribution in [0.4, 0.5) is 0 Å². The molecule has 0 aliphatic heterocycles. The van der Waals surface area contributed by atoms with Crippen LogP contribution < -0.4 is 5.32 Å². The van der Waals surface area contributed by atoms with Crippen LogP contribution in [0, 0.1) is 6.92 Å². The Balaban J connectivity index is 2.24. The highest BCUT2D eigenvalue weighted by atomic mass is 35.5. The first-order chi connectivity index (χ1) is 9.63. The second-order valence-corrected chi connectivity index (χ2v) is 5.17. The quantitative estimate of drug-likeness (QED) is 0.889. The van der Waals surface area contributed by atoms with Crippen molar-refractivity contribution in [2.75, 3.05) is 6.54 Å². The maximum atomic E-state index is 6.33. The molecule has 0 saturated heterocycles. The van der Waals surface area contributed by atoms with Gasteiger partial charge in [-0.25, -0.2) is 9.97 Å². The molecule has 108 valence electrons. The molecule has 0 bridgehead atoms. The lowest BCUT2D eigenvalue weighted by atomic mass is 10.1. The second kappa shape index (κ2) is 6.81. The van der Waals surface area contributed by atoms with E-state index < -0.39 is 0 Å². The van der Waals surface area contributed by atoms with Crippen molar-refractivity contribution < 1.29 is 0 Å². The zero-order valence-electron chi connectivity index (χ0n) is 12.1. The van der Waals surface area contributed by atoms with Crippen molar-refractivity contribution in [1.82, 2.24) is 25.1 Å². The van der Waals surface area contributed by atoms with Crippen molar-refractivity contribution in [2.45, 2.75) is 32.7 Å². The summed E-state index contributed by atoms with van der Waals surface area (Å²) in [5, 5.41) is 8.56. The van der Waals surface area contributed by atoms with E-state index in [2.05, 4.69) is 27.3 Å². The van der Waals surface area contributed by atoms with Crippen LogP contribution in [-0.4, -0.2) is 26.3 Å². The van der Waals surface area contributed by atoms with Crippen molar-refractivity contribution in [3.05, 3.63) is 40.7 Å². The van der Waals surface area contributed by atoms with Crippen molar-refractivity contribution in [3.63, 3.8) is 0 Å². The van der Waals surface area contributed by atoms with Gasteiger partial charge in [0.2, 0.25) is 0 Å². The van der Waals surface area contributed by atoms with Crippen LogP contribution in [0.25, 0.3) is 0 Å². The fraction of sp³-hybridized carbons (Fsp3) is 0.500. The number of rotatable bonds is 6. The lowest BCUT2D eigenvalue weighted by Gasteiger charge is -2.17. The summed E-state index contributed by atoms with van der Waals surface area (Å²) in [6.07, 6.45) is 5.31. The SMILES string of the molecule is CCCNC(Cc1c(Cl)c(C)nn1C)c1ncccn1. The largest absolute Gasteiger partial charge is 0.307 e. The van der Waals surface area contributed by atoms with Crippen LogP contribution in [0.15, 0.2) is 18.5 Å². The number of hydrogen-bond donors (Lipinski definition) is 1. The van der Waals surface area contributed by atoms with Gasteiger partial charge in [0.1, 0.15) is 5.82 Å². The van der Waals surface area contributed by atoms with Gasteiger partial charge in [-0.2, -0.15) is 5.10 Å². The molecule has 0 amide bonds. The minimum Gasteiger partial charge on any atom is -0.307 e. The number of nitrogens with zero attached hydrogens (tertiary/aromatic N) is 4. The molecule has 2 heterocycles. The van der Waals surface area contributed by atoms with Crippen LogP contribution in [0.2, 0.25) is 5.02 Å². The number of aromatic nitrogens is 4. The zero-order valence-corrected chi connectivity index (χ0v) is 12.9. The van der Waals surface area contributed by atoms with Gasteiger partial charge >= 0.3 is 0 Å². The lowest BCUT2D eigenvalue weighted by Crippen LogP contribution is -2.26. The molecule has 0 aliphatic rings. The normalized spacial score (nSPS) is 12.6. The molecule has 0 fully saturated rings. The number of nitrogens with one attached hydrogen (secondary N) is 1. The summed E-state index contributed by atoms with van der Waals surface area (Å²) in [5.74, 6) is 0.788. The molecule has 1 N–H and O–H groups in total. The summed E-state index contributed by atoms with van der Waals surface area (Å²) in [7, 11) is 1.91. The average Bonchev–Trinajstić information content (AvgIpc) is 2.70. The van der Waals surface area contributed by atoms with Gasteiger partial charge in [-0.05, 0) is 26.0 Å².